The van der Waals surface area contributed by atoms with Crippen LogP contribution in [0.15, 0.2) is 255 Å². The Labute approximate surface area is 731 Å². The number of pyridine rings is 4. The molecular formula is C118H108N4+4. The fourth-order valence-electron chi connectivity index (χ4n) is 22.6. The van der Waals surface area contributed by atoms with Crippen molar-refractivity contribution in [2.45, 2.75) is 141 Å². The van der Waals surface area contributed by atoms with Crippen LogP contribution in [0.2, 0.25) is 0 Å². The second kappa shape index (κ2) is 28.7. The van der Waals surface area contributed by atoms with E-state index in [1.54, 1.807) is 26.2 Å². The molecule has 0 spiro atoms. The molecule has 4 aliphatic rings. The van der Waals surface area contributed by atoms with Gasteiger partial charge >= 0.3 is 0 Å². The summed E-state index contributed by atoms with van der Waals surface area (Å²) in [6.45, 7) is 20.0. The summed E-state index contributed by atoms with van der Waals surface area (Å²) in [5.41, 5.74) is 34.7. The van der Waals surface area contributed by atoms with E-state index in [0.717, 1.165) is 102 Å². The highest BCUT2D eigenvalue weighted by atomic mass is 14.9. The highest BCUT2D eigenvalue weighted by Crippen LogP contribution is 2.53. The zero-order valence-electron chi connectivity index (χ0n) is 82.9. The van der Waals surface area contributed by atoms with Crippen LogP contribution in [-0.4, -0.2) is 0 Å². The maximum atomic E-state index is 9.18. The molecular weight excluding hydrogens is 1470 g/mol. The lowest BCUT2D eigenvalue weighted by molar-refractivity contribution is -0.644. The minimum absolute atomic E-state index is 0.251. The molecule has 24 rings (SSSR count). The third-order valence-corrected chi connectivity index (χ3v) is 27.5. The molecule has 0 N–H and O–H groups in total. The summed E-state index contributed by atoms with van der Waals surface area (Å²) in [6.07, 6.45) is 10.1. The van der Waals surface area contributed by atoms with Crippen LogP contribution >= 0.6 is 0 Å². The predicted molar refractivity (Wildman–Crippen MR) is 518 cm³/mol. The molecule has 0 aliphatic heterocycles. The fourth-order valence-corrected chi connectivity index (χ4v) is 22.6. The topological polar surface area (TPSA) is 15.5 Å². The molecule has 0 atom stereocenters. The molecule has 0 amide bonds. The predicted octanol–water partition coefficient (Wildman–Crippen LogP) is 28.2. The smallest absolute Gasteiger partial charge is 0.200 e. The zero-order chi connectivity index (χ0) is 92.7. The molecule has 4 heterocycles. The zero-order valence-corrected chi connectivity index (χ0v) is 72.9. The number of benzene rings is 16. The van der Waals surface area contributed by atoms with E-state index >= 15 is 0 Å². The van der Waals surface area contributed by atoms with Crippen molar-refractivity contribution >= 4 is 130 Å². The van der Waals surface area contributed by atoms with Gasteiger partial charge < -0.3 is 0 Å². The lowest BCUT2D eigenvalue weighted by Crippen LogP contribution is -2.30. The molecule has 0 saturated heterocycles. The molecule has 0 bridgehead atoms. The van der Waals surface area contributed by atoms with Crippen LogP contribution < -0.4 is 18.3 Å². The van der Waals surface area contributed by atoms with Gasteiger partial charge in [0.25, 0.3) is 0 Å². The summed E-state index contributed by atoms with van der Waals surface area (Å²) in [4.78, 5) is 0. The molecule has 0 saturated carbocycles. The number of fused-ring (bicyclic) bond motifs is 36. The second-order valence-electron chi connectivity index (χ2n) is 36.6. The molecule has 4 nitrogen and oxygen atoms in total. The van der Waals surface area contributed by atoms with E-state index in [1.165, 1.54) is 181 Å². The molecule has 4 aliphatic carbocycles. The van der Waals surface area contributed by atoms with E-state index in [2.05, 4.69) is 263 Å². The fraction of sp³-hybridized carbons (Fsp3) is 0.220. The van der Waals surface area contributed by atoms with Gasteiger partial charge in [-0.25, -0.2) is 18.3 Å². The summed E-state index contributed by atoms with van der Waals surface area (Å²) < 4.78 is 93.9. The van der Waals surface area contributed by atoms with E-state index < -0.39 is 37.3 Å². The average molecular weight is 1590 g/mol. The Bertz CT molecular complexity index is 8500. The van der Waals surface area contributed by atoms with Gasteiger partial charge in [-0.1, -0.05) is 243 Å². The van der Waals surface area contributed by atoms with E-state index in [1.807, 2.05) is 95.2 Å². The summed E-state index contributed by atoms with van der Waals surface area (Å²) in [5.74, 6) is -1.77. The first-order valence-corrected chi connectivity index (χ1v) is 43.3. The lowest BCUT2D eigenvalue weighted by atomic mass is 9.83. The first-order chi connectivity index (χ1) is 62.7. The molecule has 0 fully saturated rings. The molecule has 4 aromatic heterocycles. The third kappa shape index (κ3) is 11.7. The summed E-state index contributed by atoms with van der Waals surface area (Å²) >= 11 is 0. The average Bonchev–Trinajstić information content (AvgIpc) is 1.27. The largest absolute Gasteiger partial charge is 0.221 e. The van der Waals surface area contributed by atoms with Gasteiger partial charge in [-0.3, -0.25) is 0 Å². The highest BCUT2D eigenvalue weighted by molar-refractivity contribution is 6.30. The normalized spacial score (nSPS) is 14.6. The van der Waals surface area contributed by atoms with Crippen molar-refractivity contribution in [3.8, 4) is 44.5 Å². The summed E-state index contributed by atoms with van der Waals surface area (Å²) in [6, 6.07) is 82.5. The molecule has 20 aromatic rings. The monoisotopic (exact) mass is 1590 g/mol. The van der Waals surface area contributed by atoms with E-state index in [0.29, 0.717) is 11.1 Å². The Kier molecular flexibility index (Phi) is 15.5. The Hall–Kier alpha value is -12.8. The maximum absolute atomic E-state index is 9.18. The van der Waals surface area contributed by atoms with Gasteiger partial charge in [0, 0.05) is 37.0 Å². The number of aryl methyl sites for hydroxylation is 11. The van der Waals surface area contributed by atoms with Crippen LogP contribution in [0.25, 0.3) is 174 Å². The molecule has 0 unspecified atom stereocenters. The van der Waals surface area contributed by atoms with E-state index in [9.17, 15) is 2.74 Å². The van der Waals surface area contributed by atoms with Gasteiger partial charge in [0.2, 0.25) is 22.1 Å². The summed E-state index contributed by atoms with van der Waals surface area (Å²) in [5, 5.41) is 23.3. The van der Waals surface area contributed by atoms with Crippen molar-refractivity contribution in [2.75, 3.05) is 0 Å². The van der Waals surface area contributed by atoms with Crippen LogP contribution in [0.5, 0.6) is 0 Å². The van der Waals surface area contributed by atoms with E-state index in [4.69, 9.17) is 11.0 Å². The first kappa shape index (κ1) is 66.0. The van der Waals surface area contributed by atoms with Gasteiger partial charge in [-0.05, 0) is 320 Å². The van der Waals surface area contributed by atoms with Crippen LogP contribution in [0, 0.1) is 53.7 Å². The van der Waals surface area contributed by atoms with Crippen molar-refractivity contribution < 1.29 is 32.0 Å². The van der Waals surface area contributed by atoms with Gasteiger partial charge in [-0.15, -0.1) is 0 Å². The van der Waals surface area contributed by atoms with Crippen molar-refractivity contribution in [2.24, 2.45) is 33.6 Å². The maximum Gasteiger partial charge on any atom is 0.221 e. The Morgan fingerprint density at radius 3 is 0.967 bits per heavy atom. The lowest BCUT2D eigenvalue weighted by Gasteiger charge is -2.21. The van der Waals surface area contributed by atoms with Crippen LogP contribution in [0.1, 0.15) is 174 Å². The van der Waals surface area contributed by atoms with Crippen molar-refractivity contribution in [3.05, 3.63) is 355 Å². The number of hydrogen-bond donors (Lipinski definition) is 0. The molecule has 0 radical (unpaired) electrons. The molecule has 4 heteroatoms. The number of aromatic nitrogens is 4. The summed E-state index contributed by atoms with van der Waals surface area (Å²) in [7, 11) is 8.14. The highest BCUT2D eigenvalue weighted by Gasteiger charge is 2.34. The minimum Gasteiger partial charge on any atom is -0.200 e. The molecule has 16 aromatic carbocycles. The van der Waals surface area contributed by atoms with Gasteiger partial charge in [0.1, 0.15) is 28.2 Å². The van der Waals surface area contributed by atoms with Gasteiger partial charge in [0.15, 0.2) is 24.8 Å². The first-order valence-electron chi connectivity index (χ1n) is 48.3. The van der Waals surface area contributed by atoms with Crippen LogP contribution in [-0.2, 0) is 60.2 Å². The quantitative estimate of drug-likeness (QED) is 0.124. The van der Waals surface area contributed by atoms with Crippen LogP contribution in [0.4, 0.5) is 0 Å². The van der Waals surface area contributed by atoms with Crippen molar-refractivity contribution in [3.63, 3.8) is 0 Å². The number of nitrogens with zero attached hydrogens (tertiary/aromatic N) is 4. The van der Waals surface area contributed by atoms with Gasteiger partial charge in [0.05, 0.1) is 43.1 Å². The number of hydrogen-bond acceptors (Lipinski definition) is 0. The minimum atomic E-state index is -2.32. The van der Waals surface area contributed by atoms with Gasteiger partial charge in [-0.2, -0.15) is 0 Å². The number of rotatable bonds is 3. The Morgan fingerprint density at radius 2 is 0.607 bits per heavy atom. The Morgan fingerprint density at radius 1 is 0.311 bits per heavy atom. The van der Waals surface area contributed by atoms with E-state index in [-0.39, 0.29) is 5.56 Å². The van der Waals surface area contributed by atoms with Crippen molar-refractivity contribution in [1.29, 1.82) is 0 Å². The molecule has 122 heavy (non-hydrogen) atoms. The Balaban J connectivity index is 0.000000106. The third-order valence-electron chi connectivity index (χ3n) is 27.5. The van der Waals surface area contributed by atoms with Crippen molar-refractivity contribution in [1.82, 2.24) is 0 Å². The second-order valence-corrected chi connectivity index (χ2v) is 36.6. The molecule has 596 valence electrons. The standard InChI is InChI=1S/C31H30N.C30H28N.C29H26N.C28H24N/c1-19-27-22(16-20-10-6-7-11-23(20)27)17-26-24-12-8-9-13-25(24)29-21(18-31(2,3)4)14-15-32(5)30(29)28(19)26;1-17(2)26-18(3)16-31(5)30-28-19(4)27-21(14-20-10-6-7-11-22(20)27)15-25(28)23-12-8-9-13-24(23)29(26)30;1-17(2)21-13-14-30(4)29-27-18(3)26-20(15-19-9-5-6-10-22(19)26)16-25(27)23-11-7-8-12-24(23)28(21)29;1-16-15-29(4)28-26(17(16)2)23-12-8-7-11-22(23)24-14-20-13-19-9-5-6-10-21(19)25(20)18(3)27(24)28/h6-15,17H,16,18H2,1-5H3;6-13,15-17H,14H2,1-5H3;5-14,16-17H,15H2,1-4H3;5-12,14-15H,13H2,1-4H3/q4*+1/i18D2;3D3,17D;17D;1D3. The van der Waals surface area contributed by atoms with Crippen LogP contribution in [0.3, 0.4) is 0 Å². The SMILES string of the molecule is [2H]C(C)(C)c1cc[n+](C)c2c1c1ccccc1c1cc3c(c(C)c12)-c1ccccc1C3.[2H]C([2H])([2H])c1c[n+](C)c2c(c1C)c1ccccc1c1cc3c(c(C)c12)-c1ccccc1C3.[2H]C([2H])([2H])c1c[n+](C)c2c3c(C)c4c(cc3c3ccccc3c2c1C([2H])(C)C)Cc1ccccc1-4.[2H]C([2H])(c1cc[n+](C)c2c1c1ccccc1c1cc3c(c(C)c12)-c1ccccc1C3)C(C)(C)C.